The Morgan fingerprint density at radius 3 is 2.45 bits per heavy atom. The van der Waals surface area contributed by atoms with Gasteiger partial charge in [-0.25, -0.2) is 0 Å². The molecule has 64 valence electrons. The highest BCUT2D eigenvalue weighted by atomic mass is 16.3. The molecule has 0 aromatic carbocycles. The molecule has 0 aromatic heterocycles. The van der Waals surface area contributed by atoms with Crippen molar-refractivity contribution in [3.05, 3.63) is 0 Å². The number of hydrogen-bond donors (Lipinski definition) is 2. The minimum atomic E-state index is 0.312. The molecule has 2 saturated heterocycles. The van der Waals surface area contributed by atoms with Crippen LogP contribution in [0.5, 0.6) is 0 Å². The SMILES string of the molecule is OCCN1CC2CNCC2C1. The van der Waals surface area contributed by atoms with Crippen molar-refractivity contribution >= 4 is 0 Å². The lowest BCUT2D eigenvalue weighted by Crippen LogP contribution is -2.28. The average molecular weight is 156 g/mol. The van der Waals surface area contributed by atoms with E-state index in [9.17, 15) is 0 Å². The summed E-state index contributed by atoms with van der Waals surface area (Å²) >= 11 is 0. The van der Waals surface area contributed by atoms with Gasteiger partial charge in [-0.3, -0.25) is 0 Å². The molecule has 2 unspecified atom stereocenters. The molecular formula is C8H16N2O. The highest BCUT2D eigenvalue weighted by molar-refractivity contribution is 4.90. The van der Waals surface area contributed by atoms with E-state index in [0.717, 1.165) is 18.4 Å². The molecule has 3 heteroatoms. The van der Waals surface area contributed by atoms with Gasteiger partial charge in [0.2, 0.25) is 0 Å². The summed E-state index contributed by atoms with van der Waals surface area (Å²) in [6, 6.07) is 0. The highest BCUT2D eigenvalue weighted by Crippen LogP contribution is 2.25. The van der Waals surface area contributed by atoms with E-state index in [-0.39, 0.29) is 0 Å². The Bertz CT molecular complexity index is 128. The molecule has 0 aliphatic carbocycles. The van der Waals surface area contributed by atoms with Gasteiger partial charge in [-0.2, -0.15) is 0 Å². The fourth-order valence-electron chi connectivity index (χ4n) is 2.28. The summed E-state index contributed by atoms with van der Waals surface area (Å²) in [5.74, 6) is 1.73. The minimum absolute atomic E-state index is 0.312. The normalized spacial score (nSPS) is 37.9. The summed E-state index contributed by atoms with van der Waals surface area (Å²) < 4.78 is 0. The molecule has 0 spiro atoms. The molecule has 11 heavy (non-hydrogen) atoms. The Balaban J connectivity index is 1.84. The first-order chi connectivity index (χ1) is 5.40. The fourth-order valence-corrected chi connectivity index (χ4v) is 2.28. The van der Waals surface area contributed by atoms with E-state index in [0.29, 0.717) is 6.61 Å². The molecular weight excluding hydrogens is 140 g/mol. The third-order valence-electron chi connectivity index (χ3n) is 2.88. The van der Waals surface area contributed by atoms with Crippen molar-refractivity contribution in [2.75, 3.05) is 39.3 Å². The molecule has 2 fully saturated rings. The number of fused-ring (bicyclic) bond motifs is 1. The number of rotatable bonds is 2. The quantitative estimate of drug-likeness (QED) is 0.545. The van der Waals surface area contributed by atoms with E-state index < -0.39 is 0 Å². The summed E-state index contributed by atoms with van der Waals surface area (Å²) in [5, 5.41) is 12.1. The van der Waals surface area contributed by atoms with Gasteiger partial charge in [-0.05, 0) is 24.9 Å². The number of nitrogens with one attached hydrogen (secondary N) is 1. The maximum Gasteiger partial charge on any atom is 0.0558 e. The molecule has 0 radical (unpaired) electrons. The zero-order valence-corrected chi connectivity index (χ0v) is 6.79. The number of likely N-dealkylation sites (tertiary alicyclic amines) is 1. The molecule has 2 atom stereocenters. The molecule has 3 nitrogen and oxygen atoms in total. The Morgan fingerprint density at radius 1 is 1.27 bits per heavy atom. The van der Waals surface area contributed by atoms with Gasteiger partial charge in [0.05, 0.1) is 6.61 Å². The number of aliphatic hydroxyl groups excluding tert-OH is 1. The van der Waals surface area contributed by atoms with Crippen molar-refractivity contribution < 1.29 is 5.11 Å². The van der Waals surface area contributed by atoms with Crippen molar-refractivity contribution in [2.45, 2.75) is 0 Å². The third kappa shape index (κ3) is 1.41. The average Bonchev–Trinajstić information content (AvgIpc) is 2.46. The largest absolute Gasteiger partial charge is 0.395 e. The molecule has 2 rings (SSSR count). The van der Waals surface area contributed by atoms with Crippen LogP contribution in [-0.4, -0.2) is 49.3 Å². The Labute approximate surface area is 67.4 Å². The van der Waals surface area contributed by atoms with Crippen LogP contribution in [0.25, 0.3) is 0 Å². The van der Waals surface area contributed by atoms with Crippen LogP contribution >= 0.6 is 0 Å². The van der Waals surface area contributed by atoms with Crippen LogP contribution < -0.4 is 5.32 Å². The van der Waals surface area contributed by atoms with Gasteiger partial charge in [0.1, 0.15) is 0 Å². The maximum absolute atomic E-state index is 8.73. The smallest absolute Gasteiger partial charge is 0.0558 e. The summed E-state index contributed by atoms with van der Waals surface area (Å²) in [6.45, 7) is 5.94. The number of hydrogen-bond acceptors (Lipinski definition) is 3. The monoisotopic (exact) mass is 156 g/mol. The van der Waals surface area contributed by atoms with Crippen LogP contribution in [-0.2, 0) is 0 Å². The van der Waals surface area contributed by atoms with Crippen molar-refractivity contribution in [2.24, 2.45) is 11.8 Å². The van der Waals surface area contributed by atoms with Crippen LogP contribution in [0.4, 0.5) is 0 Å². The zero-order valence-electron chi connectivity index (χ0n) is 6.79. The van der Waals surface area contributed by atoms with E-state index in [4.69, 9.17) is 5.11 Å². The van der Waals surface area contributed by atoms with Gasteiger partial charge in [0.25, 0.3) is 0 Å². The maximum atomic E-state index is 8.73. The van der Waals surface area contributed by atoms with Crippen LogP contribution in [0, 0.1) is 11.8 Å². The predicted octanol–water partition coefficient (Wildman–Crippen LogP) is -0.870. The lowest BCUT2D eigenvalue weighted by Gasteiger charge is -2.14. The molecule has 0 aromatic rings. The fraction of sp³-hybridized carbons (Fsp3) is 1.00. The molecule has 0 saturated carbocycles. The Hall–Kier alpha value is -0.120. The van der Waals surface area contributed by atoms with Crippen molar-refractivity contribution in [3.63, 3.8) is 0 Å². The second-order valence-corrected chi connectivity index (χ2v) is 3.66. The first kappa shape index (κ1) is 7.53. The summed E-state index contributed by atoms with van der Waals surface area (Å²) in [4.78, 5) is 2.37. The first-order valence-electron chi connectivity index (χ1n) is 4.44. The van der Waals surface area contributed by atoms with Gasteiger partial charge in [-0.1, -0.05) is 0 Å². The lowest BCUT2D eigenvalue weighted by atomic mass is 10.0. The van der Waals surface area contributed by atoms with Gasteiger partial charge >= 0.3 is 0 Å². The van der Waals surface area contributed by atoms with Gasteiger partial charge in [0, 0.05) is 19.6 Å². The second-order valence-electron chi connectivity index (χ2n) is 3.66. The van der Waals surface area contributed by atoms with Crippen molar-refractivity contribution in [1.82, 2.24) is 10.2 Å². The van der Waals surface area contributed by atoms with Crippen LogP contribution in [0.2, 0.25) is 0 Å². The zero-order chi connectivity index (χ0) is 7.68. The van der Waals surface area contributed by atoms with Gasteiger partial charge < -0.3 is 15.3 Å². The minimum Gasteiger partial charge on any atom is -0.395 e. The van der Waals surface area contributed by atoms with E-state index in [1.807, 2.05) is 0 Å². The predicted molar refractivity (Wildman–Crippen MR) is 43.4 cm³/mol. The van der Waals surface area contributed by atoms with Crippen LogP contribution in [0.3, 0.4) is 0 Å². The van der Waals surface area contributed by atoms with Crippen molar-refractivity contribution in [3.8, 4) is 0 Å². The molecule has 2 heterocycles. The molecule has 0 amide bonds. The van der Waals surface area contributed by atoms with E-state index in [2.05, 4.69) is 10.2 Å². The summed E-state index contributed by atoms with van der Waals surface area (Å²) in [5.41, 5.74) is 0. The van der Waals surface area contributed by atoms with Gasteiger partial charge in [-0.15, -0.1) is 0 Å². The lowest BCUT2D eigenvalue weighted by molar-refractivity contribution is 0.213. The number of aliphatic hydroxyl groups is 1. The summed E-state index contributed by atoms with van der Waals surface area (Å²) in [6.07, 6.45) is 0. The van der Waals surface area contributed by atoms with E-state index in [1.54, 1.807) is 0 Å². The van der Waals surface area contributed by atoms with Crippen LogP contribution in [0.1, 0.15) is 0 Å². The first-order valence-corrected chi connectivity index (χ1v) is 4.44. The molecule has 2 aliphatic rings. The van der Waals surface area contributed by atoms with E-state index in [1.165, 1.54) is 26.2 Å². The number of nitrogens with zero attached hydrogens (tertiary/aromatic N) is 1. The Morgan fingerprint density at radius 2 is 1.91 bits per heavy atom. The summed E-state index contributed by atoms with van der Waals surface area (Å²) in [7, 11) is 0. The second kappa shape index (κ2) is 3.09. The van der Waals surface area contributed by atoms with Crippen LogP contribution in [0.15, 0.2) is 0 Å². The number of β-amino-alcohol motifs (C(OH)–C–C–N with tert-alkyl or cyclic N) is 1. The third-order valence-corrected chi connectivity index (χ3v) is 2.88. The topological polar surface area (TPSA) is 35.5 Å². The standard InChI is InChI=1S/C8H16N2O/c11-2-1-10-5-7-3-9-4-8(7)6-10/h7-9,11H,1-6H2. The van der Waals surface area contributed by atoms with E-state index >= 15 is 0 Å². The molecule has 2 aliphatic heterocycles. The van der Waals surface area contributed by atoms with Gasteiger partial charge in [0.15, 0.2) is 0 Å². The molecule has 0 bridgehead atoms. The van der Waals surface area contributed by atoms with Crippen molar-refractivity contribution in [1.29, 1.82) is 0 Å². The highest BCUT2D eigenvalue weighted by Gasteiger charge is 2.35. The molecule has 2 N–H and O–H groups in total. The Kier molecular flexibility index (Phi) is 2.11.